The Bertz CT molecular complexity index is 813. The van der Waals surface area contributed by atoms with Gasteiger partial charge in [-0.15, -0.1) is 11.3 Å². The molecule has 1 aliphatic carbocycles. The van der Waals surface area contributed by atoms with Crippen molar-refractivity contribution < 1.29 is 9.59 Å². The first-order valence-corrected chi connectivity index (χ1v) is 10.6. The van der Waals surface area contributed by atoms with Crippen molar-refractivity contribution in [2.45, 2.75) is 59.3 Å². The normalized spacial score (nSPS) is 14.2. The fraction of sp³-hybridized carbons (Fsp3) is 0.455. The second-order valence-electron chi connectivity index (χ2n) is 7.60. The molecule has 0 atom stereocenters. The summed E-state index contributed by atoms with van der Waals surface area (Å²) in [6.07, 6.45) is 7.16. The average molecular weight is 385 g/mol. The van der Waals surface area contributed by atoms with Crippen LogP contribution in [0.4, 0.5) is 11.4 Å². The number of amides is 2. The van der Waals surface area contributed by atoms with E-state index in [0.717, 1.165) is 29.0 Å². The largest absolute Gasteiger partial charge is 0.326 e. The molecule has 1 aliphatic rings. The summed E-state index contributed by atoms with van der Waals surface area (Å²) in [5.41, 5.74) is 3.76. The number of hydrogen-bond donors (Lipinski definition) is 2. The molecule has 5 heteroatoms. The fourth-order valence-corrected chi connectivity index (χ4v) is 4.41. The fourth-order valence-electron chi connectivity index (χ4n) is 3.26. The van der Waals surface area contributed by atoms with Crippen LogP contribution in [0.15, 0.2) is 24.3 Å². The molecule has 1 aromatic heterocycles. The van der Waals surface area contributed by atoms with Gasteiger partial charge < -0.3 is 10.6 Å². The Morgan fingerprint density at radius 2 is 1.74 bits per heavy atom. The van der Waals surface area contributed by atoms with Crippen LogP contribution < -0.4 is 10.6 Å². The van der Waals surface area contributed by atoms with Crippen LogP contribution >= 0.6 is 11.3 Å². The molecule has 0 radical (unpaired) electrons. The minimum absolute atomic E-state index is 0.0332. The lowest BCUT2D eigenvalue weighted by molar-refractivity contribution is -0.118. The molecule has 144 valence electrons. The van der Waals surface area contributed by atoms with Gasteiger partial charge in [0, 0.05) is 22.2 Å². The summed E-state index contributed by atoms with van der Waals surface area (Å²) >= 11 is 1.63. The molecule has 2 amide bonds. The van der Waals surface area contributed by atoms with E-state index in [2.05, 4.69) is 16.7 Å². The summed E-state index contributed by atoms with van der Waals surface area (Å²) in [4.78, 5) is 26.9. The lowest BCUT2D eigenvalue weighted by Crippen LogP contribution is -2.18. The van der Waals surface area contributed by atoms with Gasteiger partial charge in [0.1, 0.15) is 0 Å². The number of hydrogen-bond acceptors (Lipinski definition) is 3. The number of thiophene rings is 1. The van der Waals surface area contributed by atoms with E-state index in [-0.39, 0.29) is 17.7 Å². The topological polar surface area (TPSA) is 58.2 Å². The predicted octanol–water partition coefficient (Wildman–Crippen LogP) is 5.56. The maximum absolute atomic E-state index is 12.8. The predicted molar refractivity (Wildman–Crippen MR) is 113 cm³/mol. The zero-order valence-electron chi connectivity index (χ0n) is 16.4. The van der Waals surface area contributed by atoms with E-state index in [0.29, 0.717) is 5.69 Å². The van der Waals surface area contributed by atoms with Crippen LogP contribution in [0.5, 0.6) is 0 Å². The number of carbonyl (C=O) groups is 2. The van der Waals surface area contributed by atoms with Gasteiger partial charge in [-0.3, -0.25) is 9.59 Å². The SMILES string of the molecule is Cc1ccc(NC(=O)C(C)C)cc1NC(=O)c1cc2c(s1)CCCCCC2. The van der Waals surface area contributed by atoms with Gasteiger partial charge in [0.25, 0.3) is 5.91 Å². The Hall–Kier alpha value is -2.14. The van der Waals surface area contributed by atoms with E-state index in [1.165, 1.54) is 36.1 Å². The summed E-state index contributed by atoms with van der Waals surface area (Å²) in [5.74, 6) is -0.189. The molecule has 0 saturated heterocycles. The summed E-state index contributed by atoms with van der Waals surface area (Å²) in [7, 11) is 0. The molecule has 0 saturated carbocycles. The second kappa shape index (κ2) is 8.70. The minimum Gasteiger partial charge on any atom is -0.326 e. The highest BCUT2D eigenvalue weighted by Gasteiger charge is 2.17. The van der Waals surface area contributed by atoms with Crippen LogP contribution in [0, 0.1) is 12.8 Å². The number of carbonyl (C=O) groups excluding carboxylic acids is 2. The van der Waals surface area contributed by atoms with Gasteiger partial charge in [-0.1, -0.05) is 32.8 Å². The Kier molecular flexibility index (Phi) is 6.32. The number of rotatable bonds is 4. The van der Waals surface area contributed by atoms with Gasteiger partial charge in [0.15, 0.2) is 0 Å². The maximum Gasteiger partial charge on any atom is 0.265 e. The molecule has 0 fully saturated rings. The molecule has 0 spiro atoms. The van der Waals surface area contributed by atoms with E-state index < -0.39 is 0 Å². The summed E-state index contributed by atoms with van der Waals surface area (Å²) in [6.45, 7) is 5.67. The van der Waals surface area contributed by atoms with Crippen molar-refractivity contribution in [3.05, 3.63) is 45.1 Å². The van der Waals surface area contributed by atoms with Crippen molar-refractivity contribution in [3.63, 3.8) is 0 Å². The van der Waals surface area contributed by atoms with E-state index in [1.807, 2.05) is 39.0 Å². The molecule has 3 rings (SSSR count). The van der Waals surface area contributed by atoms with E-state index >= 15 is 0 Å². The highest BCUT2D eigenvalue weighted by molar-refractivity contribution is 7.14. The van der Waals surface area contributed by atoms with Gasteiger partial charge >= 0.3 is 0 Å². The molecule has 0 bridgehead atoms. The first-order valence-electron chi connectivity index (χ1n) is 9.78. The molecule has 4 nitrogen and oxygen atoms in total. The van der Waals surface area contributed by atoms with Crippen molar-refractivity contribution in [2.75, 3.05) is 10.6 Å². The molecule has 1 heterocycles. The van der Waals surface area contributed by atoms with Crippen molar-refractivity contribution in [1.82, 2.24) is 0 Å². The van der Waals surface area contributed by atoms with Crippen molar-refractivity contribution >= 4 is 34.5 Å². The van der Waals surface area contributed by atoms with Crippen molar-refractivity contribution in [1.29, 1.82) is 0 Å². The van der Waals surface area contributed by atoms with Gasteiger partial charge in [-0.05, 0) is 61.9 Å². The monoisotopic (exact) mass is 384 g/mol. The van der Waals surface area contributed by atoms with Crippen molar-refractivity contribution in [2.24, 2.45) is 5.92 Å². The third-order valence-electron chi connectivity index (χ3n) is 5.00. The number of aryl methyl sites for hydroxylation is 3. The second-order valence-corrected chi connectivity index (χ2v) is 8.74. The molecule has 2 N–H and O–H groups in total. The Balaban J connectivity index is 1.75. The Morgan fingerprint density at radius 1 is 1.00 bits per heavy atom. The maximum atomic E-state index is 12.8. The van der Waals surface area contributed by atoms with Gasteiger partial charge in [0.2, 0.25) is 5.91 Å². The molecule has 27 heavy (non-hydrogen) atoms. The third kappa shape index (κ3) is 4.98. The standard InChI is InChI=1S/C22H28N2O2S/c1-14(2)21(25)23-17-11-10-15(3)18(13-17)24-22(26)20-12-16-8-6-4-5-7-9-19(16)27-20/h10-14H,4-9H2,1-3H3,(H,23,25)(H,24,26). The first kappa shape index (κ1) is 19.6. The first-order chi connectivity index (χ1) is 12.9. The van der Waals surface area contributed by atoms with Crippen LogP contribution in [0.25, 0.3) is 0 Å². The average Bonchev–Trinajstić information content (AvgIpc) is 3.00. The number of fused-ring (bicyclic) bond motifs is 1. The molecule has 1 aromatic carbocycles. The lowest BCUT2D eigenvalue weighted by atomic mass is 10.00. The smallest absolute Gasteiger partial charge is 0.265 e. The van der Waals surface area contributed by atoms with E-state index in [9.17, 15) is 9.59 Å². The summed E-state index contributed by atoms with van der Waals surface area (Å²) in [6, 6.07) is 7.68. The summed E-state index contributed by atoms with van der Waals surface area (Å²) < 4.78 is 0. The van der Waals surface area contributed by atoms with Crippen LogP contribution in [0.2, 0.25) is 0 Å². The molecule has 2 aromatic rings. The highest BCUT2D eigenvalue weighted by atomic mass is 32.1. The Labute approximate surface area is 165 Å². The van der Waals surface area contributed by atoms with E-state index in [4.69, 9.17) is 0 Å². The molecule has 0 aliphatic heterocycles. The van der Waals surface area contributed by atoms with Crippen LogP contribution in [0.3, 0.4) is 0 Å². The van der Waals surface area contributed by atoms with Gasteiger partial charge in [-0.2, -0.15) is 0 Å². The van der Waals surface area contributed by atoms with Crippen molar-refractivity contribution in [3.8, 4) is 0 Å². The number of benzene rings is 1. The third-order valence-corrected chi connectivity index (χ3v) is 6.23. The minimum atomic E-state index is -0.0880. The van der Waals surface area contributed by atoms with Gasteiger partial charge in [-0.25, -0.2) is 0 Å². The van der Waals surface area contributed by atoms with Crippen LogP contribution in [0.1, 0.15) is 65.2 Å². The molecule has 0 unspecified atom stereocenters. The van der Waals surface area contributed by atoms with E-state index in [1.54, 1.807) is 11.3 Å². The lowest BCUT2D eigenvalue weighted by Gasteiger charge is -2.12. The van der Waals surface area contributed by atoms with Crippen LogP contribution in [-0.2, 0) is 17.6 Å². The number of nitrogens with one attached hydrogen (secondary N) is 2. The summed E-state index contributed by atoms with van der Waals surface area (Å²) in [5, 5.41) is 5.92. The Morgan fingerprint density at radius 3 is 2.48 bits per heavy atom. The number of anilines is 2. The quantitative estimate of drug-likeness (QED) is 0.725. The van der Waals surface area contributed by atoms with Crippen LogP contribution in [-0.4, -0.2) is 11.8 Å². The molecular formula is C22H28N2O2S. The zero-order chi connectivity index (χ0) is 19.4. The highest BCUT2D eigenvalue weighted by Crippen LogP contribution is 2.29. The molecular weight excluding hydrogens is 356 g/mol. The zero-order valence-corrected chi connectivity index (χ0v) is 17.2. The van der Waals surface area contributed by atoms with Gasteiger partial charge in [0.05, 0.1) is 4.88 Å².